The van der Waals surface area contributed by atoms with Crippen LogP contribution in [0.5, 0.6) is 23.0 Å². The number of anilines is 1. The second kappa shape index (κ2) is 21.0. The van der Waals surface area contributed by atoms with E-state index in [1.54, 1.807) is 44.6 Å². The average Bonchev–Trinajstić information content (AvgIpc) is 3.88. The lowest BCUT2D eigenvalue weighted by molar-refractivity contribution is -0.161. The number of ether oxygens (including phenoxy) is 5. The molecule has 2 aliphatic heterocycles. The molecule has 6 rings (SSSR count). The number of nitrogens with zero attached hydrogens (tertiary/aromatic N) is 3. The molecule has 65 heavy (non-hydrogen) atoms. The van der Waals surface area contributed by atoms with Gasteiger partial charge in [-0.2, -0.15) is 0 Å². The van der Waals surface area contributed by atoms with Crippen molar-refractivity contribution < 1.29 is 62.7 Å². The van der Waals surface area contributed by atoms with Crippen molar-refractivity contribution in [3.8, 4) is 23.0 Å². The number of carboxylic acid groups (broad SMARTS) is 2. The van der Waals surface area contributed by atoms with Crippen LogP contribution in [-0.2, 0) is 42.0 Å². The number of hydrogen-bond acceptors (Lipinski definition) is 17. The first-order valence-corrected chi connectivity index (χ1v) is 22.8. The number of carboxylic acids is 2. The maximum absolute atomic E-state index is 14.0. The standard InChI is InChI=1S/C43H46ClN5O13S3/c1-42(2,39(53)54)62-48-34(30-21-63-41(45)47-30)31(50)16-29-37(52)49-22-43(40(55)56,65-38(29)49)64-20-25(19-57-3)46-36(51)28-14-15-32(60-17-23-6-10-26(58-4)11-7-23)35(33(28)44)61-18-24-8-12-27(59-5)13-9-24/h6-15,21,25,29,38H,16-20,22H2,1-5H3,(H2,45,47)(H,46,51)(H,53,54)(H,55,56)/b48-34-/t25-,29-,38?,43-/m1/s1. The number of oxime groups is 1. The zero-order valence-electron chi connectivity index (χ0n) is 35.7. The van der Waals surface area contributed by atoms with Crippen LogP contribution in [0.3, 0.4) is 0 Å². The number of carbonyl (C=O) groups is 5. The Labute approximate surface area is 391 Å². The molecule has 0 aliphatic carbocycles. The average molecular weight is 973 g/mol. The van der Waals surface area contributed by atoms with Crippen molar-refractivity contribution in [1.29, 1.82) is 0 Å². The summed E-state index contributed by atoms with van der Waals surface area (Å²) in [6.07, 6.45) is -0.388. The molecule has 3 heterocycles. The van der Waals surface area contributed by atoms with Crippen LogP contribution in [0.1, 0.15) is 47.4 Å². The number of thioether (sulfide) groups is 2. The predicted molar refractivity (Wildman–Crippen MR) is 244 cm³/mol. The van der Waals surface area contributed by atoms with Gasteiger partial charge >= 0.3 is 11.9 Å². The fourth-order valence-electron chi connectivity index (χ4n) is 6.50. The van der Waals surface area contributed by atoms with Crippen LogP contribution in [0.2, 0.25) is 5.02 Å². The Morgan fingerprint density at radius 2 is 1.63 bits per heavy atom. The van der Waals surface area contributed by atoms with E-state index in [9.17, 15) is 34.2 Å². The second-order valence-electron chi connectivity index (χ2n) is 15.1. The van der Waals surface area contributed by atoms with Crippen LogP contribution >= 0.6 is 46.5 Å². The van der Waals surface area contributed by atoms with E-state index in [0.717, 1.165) is 46.0 Å². The molecule has 2 aliphatic rings. The number of thiazole rings is 1. The van der Waals surface area contributed by atoms with Crippen molar-refractivity contribution in [2.75, 3.05) is 46.0 Å². The number of methoxy groups -OCH3 is 3. The Morgan fingerprint density at radius 1 is 1.00 bits per heavy atom. The van der Waals surface area contributed by atoms with Gasteiger partial charge in [0.05, 0.1) is 55.3 Å². The molecular weight excluding hydrogens is 926 g/mol. The Morgan fingerprint density at radius 3 is 2.18 bits per heavy atom. The highest BCUT2D eigenvalue weighted by Crippen LogP contribution is 2.55. The van der Waals surface area contributed by atoms with Gasteiger partial charge in [-0.05, 0) is 61.4 Å². The number of Topliss-reactive ketones (excluding diaryl/α,β-unsaturated/α-hetero) is 1. The van der Waals surface area contributed by atoms with E-state index in [2.05, 4.69) is 15.5 Å². The monoisotopic (exact) mass is 971 g/mol. The van der Waals surface area contributed by atoms with Crippen LogP contribution in [0.4, 0.5) is 5.13 Å². The smallest absolute Gasteiger partial charge is 0.350 e. The zero-order valence-corrected chi connectivity index (χ0v) is 38.9. The normalized spacial score (nSPS) is 18.5. The molecule has 1 unspecified atom stereocenters. The first-order valence-electron chi connectivity index (χ1n) is 19.7. The van der Waals surface area contributed by atoms with Crippen molar-refractivity contribution in [3.63, 3.8) is 0 Å². The number of amides is 2. The summed E-state index contributed by atoms with van der Waals surface area (Å²) in [5.41, 5.74) is 5.39. The van der Waals surface area contributed by atoms with Gasteiger partial charge < -0.3 is 54.7 Å². The molecule has 0 saturated carbocycles. The SMILES string of the molecule is COC[C@H](CS[C@]1(C(=O)O)CN2C(=O)[C@@H](CC(=O)/C(=N\OC(C)(C)C(=O)O)c3csc(N)n3)C2S1)NC(=O)c1ccc(OCc2ccc(OC)cc2)c(OCc2ccc(OC)cc2)c1Cl. The third kappa shape index (κ3) is 11.4. The number of nitrogens with two attached hydrogens (primary N) is 1. The molecule has 5 N–H and O–H groups in total. The third-order valence-corrected chi connectivity index (χ3v) is 14.7. The number of ketones is 1. The molecule has 1 aromatic heterocycles. The number of benzene rings is 3. The molecule has 18 nitrogen and oxygen atoms in total. The summed E-state index contributed by atoms with van der Waals surface area (Å²) < 4.78 is 26.7. The fraction of sp³-hybridized carbons (Fsp3) is 0.372. The summed E-state index contributed by atoms with van der Waals surface area (Å²) in [4.78, 5) is 76.3. The number of rotatable bonds is 23. The molecule has 2 saturated heterocycles. The van der Waals surface area contributed by atoms with Gasteiger partial charge in [0, 0.05) is 24.7 Å². The molecule has 22 heteroatoms. The van der Waals surface area contributed by atoms with Gasteiger partial charge in [0.15, 0.2) is 32.2 Å². The van der Waals surface area contributed by atoms with Crippen molar-refractivity contribution in [1.82, 2.24) is 15.2 Å². The summed E-state index contributed by atoms with van der Waals surface area (Å²) in [5, 5.41) is 27.7. The van der Waals surface area contributed by atoms with Crippen molar-refractivity contribution >= 4 is 86.8 Å². The lowest BCUT2D eigenvalue weighted by atomic mass is 9.90. The maximum Gasteiger partial charge on any atom is 0.350 e. The Hall–Kier alpha value is -5.74. The minimum absolute atomic E-state index is 0.00614. The Balaban J connectivity index is 1.15. The Bertz CT molecular complexity index is 2440. The highest BCUT2D eigenvalue weighted by atomic mass is 35.5. The summed E-state index contributed by atoms with van der Waals surface area (Å²) in [6.45, 7) is 2.54. The van der Waals surface area contributed by atoms with Crippen LogP contribution in [0.15, 0.2) is 71.2 Å². The van der Waals surface area contributed by atoms with E-state index in [4.69, 9.17) is 45.9 Å². The van der Waals surface area contributed by atoms with E-state index in [1.165, 1.54) is 37.3 Å². The molecule has 3 aromatic carbocycles. The molecular formula is C43H46ClN5O13S3. The molecule has 2 amide bonds. The number of aromatic nitrogens is 1. The lowest BCUT2D eigenvalue weighted by Gasteiger charge is -2.41. The topological polar surface area (TPSA) is 248 Å². The predicted octanol–water partition coefficient (Wildman–Crippen LogP) is 5.59. The molecule has 4 aromatic rings. The van der Waals surface area contributed by atoms with Crippen molar-refractivity contribution in [3.05, 3.63) is 93.5 Å². The van der Waals surface area contributed by atoms with E-state index in [1.807, 2.05) is 24.3 Å². The molecule has 0 radical (unpaired) electrons. The van der Waals surface area contributed by atoms with Gasteiger partial charge in [0.25, 0.3) is 5.91 Å². The van der Waals surface area contributed by atoms with Gasteiger partial charge in [0.2, 0.25) is 11.5 Å². The largest absolute Gasteiger partial charge is 0.497 e. The number of nitrogen functional groups attached to an aromatic ring is 1. The van der Waals surface area contributed by atoms with Crippen LogP contribution < -0.4 is 30.0 Å². The van der Waals surface area contributed by atoms with Gasteiger partial charge in [-0.25, -0.2) is 14.6 Å². The highest BCUT2D eigenvalue weighted by Gasteiger charge is 2.62. The van der Waals surface area contributed by atoms with Gasteiger partial charge in [-0.15, -0.1) is 34.9 Å². The van der Waals surface area contributed by atoms with E-state index in [-0.39, 0.29) is 77.2 Å². The molecule has 0 spiro atoms. The number of carbonyl (C=O) groups excluding carboxylic acids is 3. The maximum atomic E-state index is 14.0. The zero-order chi connectivity index (χ0) is 47.1. The molecule has 2 fully saturated rings. The highest BCUT2D eigenvalue weighted by molar-refractivity contribution is 8.20. The summed E-state index contributed by atoms with van der Waals surface area (Å²) in [6, 6.07) is 16.9. The number of aliphatic carboxylic acids is 2. The number of β-lactam (4-membered cyclic amide) rings is 1. The fourth-order valence-corrected chi connectivity index (χ4v) is 10.5. The molecule has 0 bridgehead atoms. The summed E-state index contributed by atoms with van der Waals surface area (Å²) >= 11 is 9.97. The van der Waals surface area contributed by atoms with E-state index >= 15 is 0 Å². The first-order chi connectivity index (χ1) is 31.0. The summed E-state index contributed by atoms with van der Waals surface area (Å²) in [7, 11) is 4.58. The minimum atomic E-state index is -1.80. The number of hydrogen-bond donors (Lipinski definition) is 4. The van der Waals surface area contributed by atoms with Crippen LogP contribution in [0.25, 0.3) is 0 Å². The van der Waals surface area contributed by atoms with Crippen LogP contribution in [-0.4, -0.2) is 117 Å². The Kier molecular flexibility index (Phi) is 15.8. The van der Waals surface area contributed by atoms with E-state index < -0.39 is 56.5 Å². The molecule has 4 atom stereocenters. The lowest BCUT2D eigenvalue weighted by Crippen LogP contribution is -2.57. The number of halogens is 1. The second-order valence-corrected chi connectivity index (χ2v) is 19.4. The summed E-state index contributed by atoms with van der Waals surface area (Å²) in [5.74, 6) is -3.38. The van der Waals surface area contributed by atoms with Gasteiger partial charge in [-0.3, -0.25) is 14.4 Å². The van der Waals surface area contributed by atoms with Gasteiger partial charge in [0.1, 0.15) is 30.4 Å². The van der Waals surface area contributed by atoms with Gasteiger partial charge in [-0.1, -0.05) is 41.0 Å². The van der Waals surface area contributed by atoms with Crippen LogP contribution in [0, 0.1) is 5.92 Å². The quantitative estimate of drug-likeness (QED) is 0.0402. The number of nitrogens with one attached hydrogen (secondary N) is 1. The first kappa shape index (κ1) is 48.7. The minimum Gasteiger partial charge on any atom is -0.497 e. The third-order valence-electron chi connectivity index (χ3n) is 10.2. The van der Waals surface area contributed by atoms with E-state index in [0.29, 0.717) is 11.5 Å². The van der Waals surface area contributed by atoms with Crippen molar-refractivity contribution in [2.24, 2.45) is 11.1 Å². The molecule has 346 valence electrons. The number of fused-ring (bicyclic) bond motifs is 1. The van der Waals surface area contributed by atoms with Crippen molar-refractivity contribution in [2.45, 2.75) is 54.6 Å².